The van der Waals surface area contributed by atoms with Gasteiger partial charge in [0.05, 0.1) is 13.2 Å². The van der Waals surface area contributed by atoms with Crippen molar-refractivity contribution in [2.75, 3.05) is 13.2 Å². The van der Waals surface area contributed by atoms with Crippen LogP contribution in [0.15, 0.2) is 11.6 Å². The average Bonchev–Trinajstić information content (AvgIpc) is 1.98. The Labute approximate surface area is 114 Å². The zero-order valence-corrected chi connectivity index (χ0v) is 12.6. The summed E-state index contributed by atoms with van der Waals surface area (Å²) in [6.45, 7) is 0.883. The van der Waals surface area contributed by atoms with Gasteiger partial charge < -0.3 is 19.8 Å². The van der Waals surface area contributed by atoms with Crippen molar-refractivity contribution in [3.63, 3.8) is 0 Å². The molecule has 1 unspecified atom stereocenters. The van der Waals surface area contributed by atoms with Gasteiger partial charge in [-0.1, -0.05) is 6.08 Å². The minimum atomic E-state index is -5.07. The van der Waals surface area contributed by atoms with Crippen LogP contribution >= 0.6 is 15.6 Å². The second-order valence-electron chi connectivity index (χ2n) is 2.55. The van der Waals surface area contributed by atoms with Gasteiger partial charge in [0, 0.05) is 0 Å². The normalized spacial score (nSPS) is 16.4. The zero-order valence-electron chi connectivity index (χ0n) is 8.81. The molecular weight excluding hydrogens is 273 g/mol. The molecule has 0 spiro atoms. The molecule has 11 heteroatoms. The molecular formula is C5H12NaO8P2+. The van der Waals surface area contributed by atoms with E-state index in [-0.39, 0.29) is 36.2 Å². The van der Waals surface area contributed by atoms with Crippen LogP contribution in [0.2, 0.25) is 0 Å². The summed E-state index contributed by atoms with van der Waals surface area (Å²) in [7, 11) is -9.84. The fourth-order valence-electron chi connectivity index (χ4n) is 0.496. The van der Waals surface area contributed by atoms with Crippen LogP contribution in [-0.4, -0.2) is 33.0 Å². The summed E-state index contributed by atoms with van der Waals surface area (Å²) in [5, 5.41) is 8.54. The predicted molar refractivity (Wildman–Crippen MR) is 49.7 cm³/mol. The first-order valence-electron chi connectivity index (χ1n) is 3.67. The maximum absolute atomic E-state index is 10.8. The molecule has 0 bridgehead atoms. The standard InChI is InChI=1S/C5H12O8P2.Na/c1-5(4-6)2-3-12-15(10,11)13-14(7,8)9;/h2,6H,3-4H2,1H3,(H,10,11)(H2,7,8,9);/q;+1/b5-2+;. The van der Waals surface area contributed by atoms with Gasteiger partial charge in [-0.3, -0.25) is 4.52 Å². The summed E-state index contributed by atoms with van der Waals surface area (Å²) in [5.74, 6) is 0. The summed E-state index contributed by atoms with van der Waals surface area (Å²) in [6, 6.07) is 0. The number of rotatable bonds is 6. The molecule has 0 heterocycles. The summed E-state index contributed by atoms with van der Waals surface area (Å²) in [4.78, 5) is 25.2. The predicted octanol–water partition coefficient (Wildman–Crippen LogP) is -2.84. The van der Waals surface area contributed by atoms with Gasteiger partial charge in [0.2, 0.25) is 0 Å². The van der Waals surface area contributed by atoms with Gasteiger partial charge in [-0.05, 0) is 12.5 Å². The summed E-state index contributed by atoms with van der Waals surface area (Å²) in [5.41, 5.74) is 0.478. The van der Waals surface area contributed by atoms with E-state index in [0.29, 0.717) is 5.57 Å². The van der Waals surface area contributed by atoms with Crippen LogP contribution in [0.25, 0.3) is 0 Å². The molecule has 0 saturated carbocycles. The molecule has 8 nitrogen and oxygen atoms in total. The van der Waals surface area contributed by atoms with Gasteiger partial charge in [0.1, 0.15) is 0 Å². The smallest absolute Gasteiger partial charge is 0.392 e. The molecule has 0 aliphatic heterocycles. The van der Waals surface area contributed by atoms with Crippen molar-refractivity contribution in [2.45, 2.75) is 6.92 Å². The van der Waals surface area contributed by atoms with Gasteiger partial charge >= 0.3 is 45.2 Å². The van der Waals surface area contributed by atoms with E-state index in [9.17, 15) is 9.13 Å². The van der Waals surface area contributed by atoms with Crippen molar-refractivity contribution in [1.82, 2.24) is 0 Å². The molecule has 90 valence electrons. The van der Waals surface area contributed by atoms with Crippen LogP contribution in [0.3, 0.4) is 0 Å². The van der Waals surface area contributed by atoms with Crippen LogP contribution in [0, 0.1) is 0 Å². The fourth-order valence-corrected chi connectivity index (χ4v) is 2.02. The molecule has 0 radical (unpaired) electrons. The number of aliphatic hydroxyl groups is 1. The molecule has 0 aromatic heterocycles. The first kappa shape index (κ1) is 19.3. The van der Waals surface area contributed by atoms with Crippen LogP contribution in [0.5, 0.6) is 0 Å². The van der Waals surface area contributed by atoms with Crippen LogP contribution in [0.4, 0.5) is 0 Å². The Hall–Kier alpha value is 0.960. The van der Waals surface area contributed by atoms with Crippen LogP contribution in [0.1, 0.15) is 6.92 Å². The van der Waals surface area contributed by atoms with E-state index in [2.05, 4.69) is 8.83 Å². The van der Waals surface area contributed by atoms with E-state index < -0.39 is 22.3 Å². The number of phosphoric acid groups is 2. The topological polar surface area (TPSA) is 134 Å². The minimum absolute atomic E-state index is 0. The first-order valence-corrected chi connectivity index (χ1v) is 6.69. The monoisotopic (exact) mass is 285 g/mol. The van der Waals surface area contributed by atoms with E-state index >= 15 is 0 Å². The maximum atomic E-state index is 10.8. The number of hydrogen-bond donors (Lipinski definition) is 4. The molecule has 0 fully saturated rings. The van der Waals surface area contributed by atoms with E-state index in [4.69, 9.17) is 19.8 Å². The van der Waals surface area contributed by atoms with E-state index in [1.54, 1.807) is 0 Å². The third kappa shape index (κ3) is 11.4. The quantitative estimate of drug-likeness (QED) is 0.233. The third-order valence-corrected chi connectivity index (χ3v) is 3.28. The van der Waals surface area contributed by atoms with Gasteiger partial charge in [0.25, 0.3) is 0 Å². The largest absolute Gasteiger partial charge is 1.00 e. The van der Waals surface area contributed by atoms with Crippen LogP contribution in [-0.2, 0) is 18.0 Å². The summed E-state index contributed by atoms with van der Waals surface area (Å²) >= 11 is 0. The molecule has 16 heavy (non-hydrogen) atoms. The average molecular weight is 285 g/mol. The van der Waals surface area contributed by atoms with Crippen molar-refractivity contribution >= 4 is 15.6 Å². The number of phosphoric ester groups is 1. The Morgan fingerprint density at radius 3 is 2.19 bits per heavy atom. The number of hydrogen-bond acceptors (Lipinski definition) is 5. The maximum Gasteiger partial charge on any atom is 1.00 e. The second kappa shape index (κ2) is 8.13. The van der Waals surface area contributed by atoms with Crippen molar-refractivity contribution in [1.29, 1.82) is 0 Å². The number of aliphatic hydroxyl groups excluding tert-OH is 1. The van der Waals surface area contributed by atoms with Crippen molar-refractivity contribution in [2.24, 2.45) is 0 Å². The van der Waals surface area contributed by atoms with Gasteiger partial charge in [-0.15, -0.1) is 0 Å². The molecule has 0 aliphatic rings. The molecule has 1 atom stereocenters. The SMILES string of the molecule is C/C(=C\COP(=O)(O)OP(=O)(O)O)CO.[Na+]. The van der Waals surface area contributed by atoms with Crippen LogP contribution < -0.4 is 29.6 Å². The summed E-state index contributed by atoms with van der Waals surface area (Å²) < 4.78 is 28.7. The molecule has 0 aliphatic carbocycles. The Morgan fingerprint density at radius 2 is 1.81 bits per heavy atom. The van der Waals surface area contributed by atoms with Gasteiger partial charge in [0.15, 0.2) is 0 Å². The molecule has 0 saturated heterocycles. The molecule has 4 N–H and O–H groups in total. The minimum Gasteiger partial charge on any atom is -0.392 e. The van der Waals surface area contributed by atoms with Crippen molar-refractivity contribution < 1.29 is 67.3 Å². The van der Waals surface area contributed by atoms with E-state index in [1.807, 2.05) is 0 Å². The van der Waals surface area contributed by atoms with E-state index in [0.717, 1.165) is 0 Å². The molecule has 0 aromatic carbocycles. The molecule has 0 rings (SSSR count). The van der Waals surface area contributed by atoms with Gasteiger partial charge in [-0.25, -0.2) is 9.13 Å². The Balaban J connectivity index is 0. The van der Waals surface area contributed by atoms with Gasteiger partial charge in [-0.2, -0.15) is 4.31 Å². The summed E-state index contributed by atoms with van der Waals surface area (Å²) in [6.07, 6.45) is 1.27. The van der Waals surface area contributed by atoms with Crippen molar-refractivity contribution in [3.05, 3.63) is 11.6 Å². The van der Waals surface area contributed by atoms with Crippen molar-refractivity contribution in [3.8, 4) is 0 Å². The third-order valence-electron chi connectivity index (χ3n) is 1.13. The van der Waals surface area contributed by atoms with E-state index in [1.165, 1.54) is 13.0 Å². The first-order chi connectivity index (χ1) is 6.66. The Kier molecular flexibility index (Phi) is 9.81. The Bertz CT molecular complexity index is 322. The zero-order chi connectivity index (χ0) is 12.1. The fraction of sp³-hybridized carbons (Fsp3) is 0.600. The Morgan fingerprint density at radius 1 is 1.31 bits per heavy atom. The molecule has 0 aromatic rings. The second-order valence-corrected chi connectivity index (χ2v) is 5.37. The molecule has 0 amide bonds.